The largest absolute Gasteiger partial charge is 0.493 e. The van der Waals surface area contributed by atoms with Gasteiger partial charge in [0.25, 0.3) is 5.91 Å². The summed E-state index contributed by atoms with van der Waals surface area (Å²) in [7, 11) is 3.15. The lowest BCUT2D eigenvalue weighted by atomic mass is 10.1. The van der Waals surface area contributed by atoms with Gasteiger partial charge in [-0.3, -0.25) is 4.79 Å². The van der Waals surface area contributed by atoms with Crippen molar-refractivity contribution in [2.24, 2.45) is 0 Å². The average molecular weight is 448 g/mol. The topological polar surface area (TPSA) is 78.3 Å². The number of carbonyl (C=O) groups excluding carboxylic acids is 1. The highest BCUT2D eigenvalue weighted by molar-refractivity contribution is 6.07. The third kappa shape index (κ3) is 4.24. The summed E-state index contributed by atoms with van der Waals surface area (Å²) in [6.07, 6.45) is 0. The first kappa shape index (κ1) is 22.3. The Balaban J connectivity index is 1.71. The van der Waals surface area contributed by atoms with Crippen molar-refractivity contribution in [3.05, 3.63) is 76.9 Å². The van der Waals surface area contributed by atoms with E-state index in [-0.39, 0.29) is 17.8 Å². The number of hydrogen-bond acceptors (Lipinski definition) is 5. The average Bonchev–Trinajstić information content (AvgIpc) is 3.14. The molecule has 0 radical (unpaired) electrons. The van der Waals surface area contributed by atoms with Crippen molar-refractivity contribution < 1.29 is 18.7 Å². The van der Waals surface area contributed by atoms with Crippen LogP contribution in [0.5, 0.6) is 11.5 Å². The molecule has 0 saturated carbocycles. The predicted octanol–water partition coefficient (Wildman–Crippen LogP) is 4.68. The van der Waals surface area contributed by atoms with Gasteiger partial charge < -0.3 is 14.8 Å². The van der Waals surface area contributed by atoms with Crippen LogP contribution < -0.4 is 14.8 Å². The second-order valence-corrected chi connectivity index (χ2v) is 7.79. The van der Waals surface area contributed by atoms with E-state index in [0.717, 1.165) is 5.56 Å². The quantitative estimate of drug-likeness (QED) is 0.463. The third-order valence-electron chi connectivity index (χ3n) is 5.51. The van der Waals surface area contributed by atoms with Gasteiger partial charge in [-0.15, -0.1) is 0 Å². The molecule has 4 rings (SSSR count). The third-order valence-corrected chi connectivity index (χ3v) is 5.51. The highest BCUT2D eigenvalue weighted by atomic mass is 19.1. The van der Waals surface area contributed by atoms with Gasteiger partial charge in [-0.2, -0.15) is 5.10 Å². The Kier molecular flexibility index (Phi) is 6.00. The molecular formula is C25H25FN4O3. The summed E-state index contributed by atoms with van der Waals surface area (Å²) in [6, 6.07) is 13.0. The second kappa shape index (κ2) is 8.90. The maximum Gasteiger partial charge on any atom is 0.252 e. The normalized spacial score (nSPS) is 11.9. The first-order valence-corrected chi connectivity index (χ1v) is 10.5. The molecule has 1 unspecified atom stereocenters. The van der Waals surface area contributed by atoms with Crippen molar-refractivity contribution in [1.29, 1.82) is 0 Å². The molecule has 0 spiro atoms. The predicted molar refractivity (Wildman–Crippen MR) is 124 cm³/mol. The maximum absolute atomic E-state index is 13.4. The molecule has 0 bridgehead atoms. The number of aromatic nitrogens is 3. The number of nitrogens with one attached hydrogen (secondary N) is 1. The molecule has 0 aliphatic rings. The summed E-state index contributed by atoms with van der Waals surface area (Å²) in [4.78, 5) is 17.9. The summed E-state index contributed by atoms with van der Waals surface area (Å²) in [5.74, 6) is 0.638. The number of pyridine rings is 1. The second-order valence-electron chi connectivity index (χ2n) is 7.79. The standard InChI is InChI=1S/C25H25FN4O3/c1-14-12-20(25(31)28-15(2)17-6-11-21(32-4)22(13-17)33-5)23-16(3)29-30(24(23)27-14)19-9-7-18(26)8-10-19/h6-13,15H,1-5H3,(H,28,31). The van der Waals surface area contributed by atoms with Crippen LogP contribution in [0.4, 0.5) is 4.39 Å². The zero-order valence-corrected chi connectivity index (χ0v) is 19.1. The van der Waals surface area contributed by atoms with Crippen LogP contribution in [0.2, 0.25) is 0 Å². The van der Waals surface area contributed by atoms with Gasteiger partial charge in [-0.25, -0.2) is 14.1 Å². The van der Waals surface area contributed by atoms with Crippen molar-refractivity contribution in [2.75, 3.05) is 14.2 Å². The van der Waals surface area contributed by atoms with Crippen molar-refractivity contribution in [1.82, 2.24) is 20.1 Å². The van der Waals surface area contributed by atoms with Crippen LogP contribution in [0.25, 0.3) is 16.7 Å². The van der Waals surface area contributed by atoms with E-state index in [2.05, 4.69) is 15.4 Å². The molecule has 33 heavy (non-hydrogen) atoms. The molecule has 2 aromatic heterocycles. The van der Waals surface area contributed by atoms with E-state index < -0.39 is 0 Å². The van der Waals surface area contributed by atoms with E-state index in [0.29, 0.717) is 45.2 Å². The molecular weight excluding hydrogens is 423 g/mol. The zero-order chi connectivity index (χ0) is 23.7. The summed E-state index contributed by atoms with van der Waals surface area (Å²) in [6.45, 7) is 5.55. The summed E-state index contributed by atoms with van der Waals surface area (Å²) < 4.78 is 25.7. The molecule has 0 aliphatic carbocycles. The van der Waals surface area contributed by atoms with Crippen LogP contribution in [0.3, 0.4) is 0 Å². The van der Waals surface area contributed by atoms with Crippen molar-refractivity contribution in [3.8, 4) is 17.2 Å². The number of benzene rings is 2. The molecule has 170 valence electrons. The Hall–Kier alpha value is -3.94. The molecule has 4 aromatic rings. The van der Waals surface area contributed by atoms with Crippen LogP contribution in [0.15, 0.2) is 48.5 Å². The molecule has 1 N–H and O–H groups in total. The summed E-state index contributed by atoms with van der Waals surface area (Å²) in [5, 5.41) is 8.28. The van der Waals surface area contributed by atoms with Gasteiger partial charge in [0.2, 0.25) is 0 Å². The van der Waals surface area contributed by atoms with E-state index in [4.69, 9.17) is 9.47 Å². The minimum atomic E-state index is -0.333. The number of methoxy groups -OCH3 is 2. The fraction of sp³-hybridized carbons (Fsp3) is 0.240. The monoisotopic (exact) mass is 448 g/mol. The number of ether oxygens (including phenoxy) is 2. The van der Waals surface area contributed by atoms with Gasteiger partial charge in [0, 0.05) is 5.69 Å². The van der Waals surface area contributed by atoms with Crippen molar-refractivity contribution in [2.45, 2.75) is 26.8 Å². The molecule has 8 heteroatoms. The van der Waals surface area contributed by atoms with Gasteiger partial charge in [-0.05, 0) is 68.8 Å². The Morgan fingerprint density at radius 2 is 1.73 bits per heavy atom. The Bertz CT molecular complexity index is 1330. The van der Waals surface area contributed by atoms with E-state index in [1.54, 1.807) is 37.1 Å². The Labute approximate surface area is 191 Å². The van der Waals surface area contributed by atoms with E-state index >= 15 is 0 Å². The first-order valence-electron chi connectivity index (χ1n) is 10.5. The van der Waals surface area contributed by atoms with Crippen LogP contribution in [0, 0.1) is 19.7 Å². The smallest absolute Gasteiger partial charge is 0.252 e. The van der Waals surface area contributed by atoms with Crippen molar-refractivity contribution >= 4 is 16.9 Å². The van der Waals surface area contributed by atoms with Crippen LogP contribution in [-0.4, -0.2) is 34.9 Å². The van der Waals surface area contributed by atoms with Gasteiger partial charge >= 0.3 is 0 Å². The van der Waals surface area contributed by atoms with E-state index in [9.17, 15) is 9.18 Å². The first-order chi connectivity index (χ1) is 15.8. The molecule has 0 aliphatic heterocycles. The lowest BCUT2D eigenvalue weighted by Gasteiger charge is -2.17. The van der Waals surface area contributed by atoms with Crippen LogP contribution in [0.1, 0.15) is 40.3 Å². The highest BCUT2D eigenvalue weighted by Crippen LogP contribution is 2.30. The number of amides is 1. The number of hydrogen-bond donors (Lipinski definition) is 1. The number of nitrogens with zero attached hydrogens (tertiary/aromatic N) is 3. The fourth-order valence-electron chi connectivity index (χ4n) is 3.84. The summed E-state index contributed by atoms with van der Waals surface area (Å²) >= 11 is 0. The molecule has 1 amide bonds. The molecule has 1 atom stereocenters. The molecule has 2 heterocycles. The minimum absolute atomic E-state index is 0.241. The van der Waals surface area contributed by atoms with E-state index in [1.165, 1.54) is 12.1 Å². The van der Waals surface area contributed by atoms with Gasteiger partial charge in [0.15, 0.2) is 17.1 Å². The highest BCUT2D eigenvalue weighted by Gasteiger charge is 2.21. The molecule has 7 nitrogen and oxygen atoms in total. The maximum atomic E-state index is 13.4. The number of rotatable bonds is 6. The van der Waals surface area contributed by atoms with Gasteiger partial charge in [0.05, 0.1) is 42.6 Å². The van der Waals surface area contributed by atoms with Gasteiger partial charge in [0.1, 0.15) is 5.82 Å². The molecule has 0 fully saturated rings. The number of aryl methyl sites for hydroxylation is 2. The molecule has 0 saturated heterocycles. The van der Waals surface area contributed by atoms with Crippen molar-refractivity contribution in [3.63, 3.8) is 0 Å². The van der Waals surface area contributed by atoms with Crippen LogP contribution >= 0.6 is 0 Å². The summed E-state index contributed by atoms with van der Waals surface area (Å²) in [5.41, 5.74) is 3.90. The number of halogens is 1. The van der Waals surface area contributed by atoms with Gasteiger partial charge in [-0.1, -0.05) is 6.07 Å². The zero-order valence-electron chi connectivity index (χ0n) is 19.1. The lowest BCUT2D eigenvalue weighted by molar-refractivity contribution is 0.0941. The fourth-order valence-corrected chi connectivity index (χ4v) is 3.84. The van der Waals surface area contributed by atoms with E-state index in [1.807, 2.05) is 39.0 Å². The van der Waals surface area contributed by atoms with Crippen LogP contribution in [-0.2, 0) is 0 Å². The number of fused-ring (bicyclic) bond motifs is 1. The lowest BCUT2D eigenvalue weighted by Crippen LogP contribution is -2.27. The molecule has 2 aromatic carbocycles. The SMILES string of the molecule is COc1ccc(C(C)NC(=O)c2cc(C)nc3c2c(C)nn3-c2ccc(F)cc2)cc1OC. The minimum Gasteiger partial charge on any atom is -0.493 e. The number of carbonyl (C=O) groups is 1. The Morgan fingerprint density at radius 1 is 1.03 bits per heavy atom. The Morgan fingerprint density at radius 3 is 2.39 bits per heavy atom.